The number of aromatic amines is 1. The lowest BCUT2D eigenvalue weighted by Gasteiger charge is -2.23. The third kappa shape index (κ3) is 2.65. The molecule has 0 saturated carbocycles. The number of hydrogen-bond donors (Lipinski definition) is 2. The van der Waals surface area contributed by atoms with E-state index in [0.29, 0.717) is 23.8 Å². The van der Waals surface area contributed by atoms with Gasteiger partial charge in [0, 0.05) is 19.1 Å². The summed E-state index contributed by atoms with van der Waals surface area (Å²) in [4.78, 5) is 30.4. The second kappa shape index (κ2) is 5.85. The Morgan fingerprint density at radius 1 is 1.38 bits per heavy atom. The summed E-state index contributed by atoms with van der Waals surface area (Å²) in [5.74, 6) is 0. The van der Waals surface area contributed by atoms with E-state index in [0.717, 1.165) is 19.5 Å². The van der Waals surface area contributed by atoms with Crippen molar-refractivity contribution in [3.05, 3.63) is 27.2 Å². The topological polar surface area (TPSA) is 84.7 Å². The maximum atomic E-state index is 12.1. The summed E-state index contributed by atoms with van der Waals surface area (Å²) in [6.07, 6.45) is 6.32. The van der Waals surface area contributed by atoms with Gasteiger partial charge in [-0.2, -0.15) is 0 Å². The van der Waals surface area contributed by atoms with Gasteiger partial charge in [0.15, 0.2) is 11.2 Å². The number of nitrogens with zero attached hydrogens (tertiary/aromatic N) is 3. The molecule has 1 atom stereocenters. The number of hydrogen-bond acceptors (Lipinski definition) is 4. The van der Waals surface area contributed by atoms with Gasteiger partial charge in [-0.1, -0.05) is 6.42 Å². The summed E-state index contributed by atoms with van der Waals surface area (Å²) in [5, 5.41) is 3.50. The second-order valence-corrected chi connectivity index (χ2v) is 5.55. The highest BCUT2D eigenvalue weighted by Gasteiger charge is 2.15. The predicted octanol–water partition coefficient (Wildman–Crippen LogP) is 0.438. The van der Waals surface area contributed by atoms with Crippen LogP contribution in [0.5, 0.6) is 0 Å². The van der Waals surface area contributed by atoms with Crippen molar-refractivity contribution in [1.82, 2.24) is 24.4 Å². The van der Waals surface area contributed by atoms with E-state index in [1.54, 1.807) is 6.33 Å². The molecule has 0 amide bonds. The van der Waals surface area contributed by atoms with Crippen molar-refractivity contribution >= 4 is 11.2 Å². The van der Waals surface area contributed by atoms with E-state index in [-0.39, 0.29) is 5.56 Å². The molecule has 0 aliphatic carbocycles. The lowest BCUT2D eigenvalue weighted by Crippen LogP contribution is -2.35. The van der Waals surface area contributed by atoms with Crippen LogP contribution in [-0.2, 0) is 13.1 Å². The molecule has 1 aliphatic rings. The number of piperidine rings is 1. The molecular formula is C14H21N5O2. The molecule has 1 aliphatic heterocycles. The van der Waals surface area contributed by atoms with Gasteiger partial charge in [0.2, 0.25) is 0 Å². The molecule has 1 fully saturated rings. The monoisotopic (exact) mass is 291 g/mol. The molecule has 1 unspecified atom stereocenters. The standard InChI is InChI=1S/C14H21N5O2/c1-2-19-12-11(13(20)17-14(19)21)18(9-16-12)8-6-10-5-3-4-7-15-10/h9-10,15H,2-8H2,1H3,(H,17,20,21). The normalized spacial score (nSPS) is 19.2. The molecule has 0 bridgehead atoms. The molecule has 114 valence electrons. The van der Waals surface area contributed by atoms with Crippen LogP contribution in [0.25, 0.3) is 11.2 Å². The molecule has 7 nitrogen and oxygen atoms in total. The lowest BCUT2D eigenvalue weighted by molar-refractivity contribution is 0.368. The van der Waals surface area contributed by atoms with Crippen molar-refractivity contribution in [3.8, 4) is 0 Å². The first-order valence-corrected chi connectivity index (χ1v) is 7.62. The number of aromatic nitrogens is 4. The maximum absolute atomic E-state index is 12.1. The third-order valence-electron chi connectivity index (χ3n) is 4.20. The summed E-state index contributed by atoms with van der Waals surface area (Å²) in [6, 6.07) is 0.507. The largest absolute Gasteiger partial charge is 0.330 e. The van der Waals surface area contributed by atoms with Crippen LogP contribution in [0.3, 0.4) is 0 Å². The van der Waals surface area contributed by atoms with Gasteiger partial charge in [0.05, 0.1) is 6.33 Å². The van der Waals surface area contributed by atoms with Gasteiger partial charge in [-0.25, -0.2) is 9.78 Å². The minimum Gasteiger partial charge on any atom is -0.325 e. The lowest BCUT2D eigenvalue weighted by atomic mass is 10.0. The van der Waals surface area contributed by atoms with Crippen molar-refractivity contribution in [3.63, 3.8) is 0 Å². The fourth-order valence-electron chi connectivity index (χ4n) is 3.05. The zero-order valence-corrected chi connectivity index (χ0v) is 12.3. The molecule has 1 saturated heterocycles. The van der Waals surface area contributed by atoms with E-state index in [9.17, 15) is 9.59 Å². The zero-order chi connectivity index (χ0) is 14.8. The van der Waals surface area contributed by atoms with Gasteiger partial charge in [0.25, 0.3) is 5.56 Å². The fourth-order valence-corrected chi connectivity index (χ4v) is 3.05. The number of imidazole rings is 1. The van der Waals surface area contributed by atoms with Crippen LogP contribution in [0.4, 0.5) is 0 Å². The molecule has 2 aromatic rings. The summed E-state index contributed by atoms with van der Waals surface area (Å²) in [5.41, 5.74) is 0.220. The first kappa shape index (κ1) is 14.1. The Hall–Kier alpha value is -1.89. The zero-order valence-electron chi connectivity index (χ0n) is 12.3. The Kier molecular flexibility index (Phi) is 3.92. The van der Waals surface area contributed by atoms with E-state index in [1.165, 1.54) is 23.8 Å². The van der Waals surface area contributed by atoms with Crippen molar-refractivity contribution in [1.29, 1.82) is 0 Å². The Labute approximate surface area is 122 Å². The van der Waals surface area contributed by atoms with Gasteiger partial charge in [-0.3, -0.25) is 14.3 Å². The SMILES string of the molecule is CCn1c(=O)[nH]c(=O)c2c1ncn2CCC1CCCCN1. The van der Waals surface area contributed by atoms with Crippen LogP contribution in [0.2, 0.25) is 0 Å². The third-order valence-corrected chi connectivity index (χ3v) is 4.20. The van der Waals surface area contributed by atoms with E-state index < -0.39 is 5.69 Å². The average molecular weight is 291 g/mol. The first-order chi connectivity index (χ1) is 10.2. The Bertz CT molecular complexity index is 736. The molecular weight excluding hydrogens is 270 g/mol. The van der Waals surface area contributed by atoms with Gasteiger partial charge in [0.1, 0.15) is 0 Å². The molecule has 7 heteroatoms. The summed E-state index contributed by atoms with van der Waals surface area (Å²) >= 11 is 0. The van der Waals surface area contributed by atoms with Crippen LogP contribution in [0, 0.1) is 0 Å². The molecule has 3 heterocycles. The van der Waals surface area contributed by atoms with E-state index in [2.05, 4.69) is 15.3 Å². The van der Waals surface area contributed by atoms with E-state index >= 15 is 0 Å². The van der Waals surface area contributed by atoms with E-state index in [1.807, 2.05) is 11.5 Å². The van der Waals surface area contributed by atoms with Crippen LogP contribution in [0.15, 0.2) is 15.9 Å². The van der Waals surface area contributed by atoms with Crippen molar-refractivity contribution in [2.24, 2.45) is 0 Å². The predicted molar refractivity (Wildman–Crippen MR) is 80.5 cm³/mol. The smallest absolute Gasteiger partial charge is 0.325 e. The second-order valence-electron chi connectivity index (χ2n) is 5.55. The average Bonchev–Trinajstić information content (AvgIpc) is 2.91. The molecule has 3 rings (SSSR count). The Morgan fingerprint density at radius 3 is 2.95 bits per heavy atom. The molecule has 2 N–H and O–H groups in total. The molecule has 0 aromatic carbocycles. The van der Waals surface area contributed by atoms with Crippen molar-refractivity contribution in [2.75, 3.05) is 6.54 Å². The van der Waals surface area contributed by atoms with Crippen LogP contribution in [-0.4, -0.2) is 31.7 Å². The highest BCUT2D eigenvalue weighted by atomic mass is 16.2. The highest BCUT2D eigenvalue weighted by molar-refractivity contribution is 5.69. The van der Waals surface area contributed by atoms with Gasteiger partial charge >= 0.3 is 5.69 Å². The summed E-state index contributed by atoms with van der Waals surface area (Å²) in [7, 11) is 0. The highest BCUT2D eigenvalue weighted by Crippen LogP contribution is 2.13. The number of fused-ring (bicyclic) bond motifs is 1. The minimum atomic E-state index is -0.394. The molecule has 0 radical (unpaired) electrons. The van der Waals surface area contributed by atoms with Gasteiger partial charge in [-0.05, 0) is 32.7 Å². The van der Waals surface area contributed by atoms with Gasteiger partial charge < -0.3 is 9.88 Å². The quantitative estimate of drug-likeness (QED) is 0.856. The minimum absolute atomic E-state index is 0.353. The maximum Gasteiger partial charge on any atom is 0.330 e. The fraction of sp³-hybridized carbons (Fsp3) is 0.643. The molecule has 0 spiro atoms. The number of rotatable bonds is 4. The first-order valence-electron chi connectivity index (χ1n) is 7.62. The van der Waals surface area contributed by atoms with Crippen LogP contribution >= 0.6 is 0 Å². The van der Waals surface area contributed by atoms with Crippen LogP contribution in [0.1, 0.15) is 32.6 Å². The number of nitrogens with one attached hydrogen (secondary N) is 2. The summed E-state index contributed by atoms with van der Waals surface area (Å²) < 4.78 is 3.35. The van der Waals surface area contributed by atoms with Crippen LogP contribution < -0.4 is 16.6 Å². The van der Waals surface area contributed by atoms with E-state index in [4.69, 9.17) is 0 Å². The Morgan fingerprint density at radius 2 is 2.24 bits per heavy atom. The number of aryl methyl sites for hydroxylation is 2. The summed E-state index contributed by atoms with van der Waals surface area (Å²) in [6.45, 7) is 4.17. The number of H-pyrrole nitrogens is 1. The Balaban J connectivity index is 1.89. The molecule has 2 aromatic heterocycles. The molecule has 21 heavy (non-hydrogen) atoms. The van der Waals surface area contributed by atoms with Crippen molar-refractivity contribution < 1.29 is 0 Å². The van der Waals surface area contributed by atoms with Crippen molar-refractivity contribution in [2.45, 2.75) is 51.7 Å². The van der Waals surface area contributed by atoms with Gasteiger partial charge in [-0.15, -0.1) is 0 Å².